The van der Waals surface area contributed by atoms with Crippen LogP contribution in [0.15, 0.2) is 12.2 Å². The van der Waals surface area contributed by atoms with E-state index >= 15 is 0 Å². The van der Waals surface area contributed by atoms with Crippen LogP contribution in [0.25, 0.3) is 0 Å². The third kappa shape index (κ3) is 3.12. The van der Waals surface area contributed by atoms with Crippen molar-refractivity contribution in [3.63, 3.8) is 0 Å². The molecule has 4 heteroatoms. The third-order valence-corrected chi connectivity index (χ3v) is 2.41. The summed E-state index contributed by atoms with van der Waals surface area (Å²) in [5.74, 6) is 0.0953. The lowest BCUT2D eigenvalue weighted by Gasteiger charge is -2.12. The second-order valence-corrected chi connectivity index (χ2v) is 3.42. The molecule has 0 bridgehead atoms. The zero-order valence-corrected chi connectivity index (χ0v) is 8.53. The molecule has 1 aliphatic heterocycles. The van der Waals surface area contributed by atoms with Crippen LogP contribution in [0.1, 0.15) is 13.3 Å². The topological polar surface area (TPSA) is 64.3 Å². The van der Waals surface area contributed by atoms with Gasteiger partial charge < -0.3 is 15.8 Å². The second-order valence-electron chi connectivity index (χ2n) is 3.42. The molecule has 3 N–H and O–H groups in total. The number of rotatable bonds is 4. The first kappa shape index (κ1) is 11.2. The Kier molecular flexibility index (Phi) is 4.62. The maximum atomic E-state index is 11.6. The maximum Gasteiger partial charge on any atom is 0.226 e. The quantitative estimate of drug-likeness (QED) is 0.627. The first-order chi connectivity index (χ1) is 6.75. The molecule has 1 amide bonds. The van der Waals surface area contributed by atoms with Gasteiger partial charge in [-0.05, 0) is 13.3 Å². The highest BCUT2D eigenvalue weighted by atomic mass is 16.5. The lowest BCUT2D eigenvalue weighted by molar-refractivity contribution is -0.126. The minimum atomic E-state index is 0.0151. The van der Waals surface area contributed by atoms with Gasteiger partial charge in [0, 0.05) is 19.7 Å². The van der Waals surface area contributed by atoms with Gasteiger partial charge in [-0.2, -0.15) is 0 Å². The molecule has 0 spiro atoms. The summed E-state index contributed by atoms with van der Waals surface area (Å²) in [6, 6.07) is 0. The molecule has 0 aliphatic carbocycles. The maximum absolute atomic E-state index is 11.6. The molecule has 0 radical (unpaired) electrons. The van der Waals surface area contributed by atoms with Crippen molar-refractivity contribution >= 4 is 5.91 Å². The Bertz CT molecular complexity index is 216. The zero-order chi connectivity index (χ0) is 10.4. The average molecular weight is 198 g/mol. The predicted octanol–water partition coefficient (Wildman–Crippen LogP) is 0.0425. The van der Waals surface area contributed by atoms with Crippen LogP contribution in [0, 0.1) is 5.92 Å². The van der Waals surface area contributed by atoms with E-state index in [9.17, 15) is 4.79 Å². The summed E-state index contributed by atoms with van der Waals surface area (Å²) in [5, 5.41) is 2.83. The van der Waals surface area contributed by atoms with E-state index < -0.39 is 0 Å². The molecule has 1 saturated heterocycles. The molecular weight excluding hydrogens is 180 g/mol. The van der Waals surface area contributed by atoms with Gasteiger partial charge in [0.05, 0.1) is 12.0 Å². The number of carbonyl (C=O) groups is 1. The summed E-state index contributed by atoms with van der Waals surface area (Å²) >= 11 is 0. The molecule has 1 fully saturated rings. The van der Waals surface area contributed by atoms with Crippen LogP contribution in [0.5, 0.6) is 0 Å². The van der Waals surface area contributed by atoms with E-state index in [1.807, 2.05) is 19.1 Å². The number of carbonyl (C=O) groups excluding carboxylic acids is 1. The van der Waals surface area contributed by atoms with Crippen LogP contribution < -0.4 is 11.1 Å². The smallest absolute Gasteiger partial charge is 0.226 e. The van der Waals surface area contributed by atoms with Gasteiger partial charge in [0.25, 0.3) is 0 Å². The van der Waals surface area contributed by atoms with E-state index in [0.717, 1.165) is 6.42 Å². The van der Waals surface area contributed by atoms with Gasteiger partial charge in [-0.3, -0.25) is 4.79 Å². The third-order valence-electron chi connectivity index (χ3n) is 2.41. The van der Waals surface area contributed by atoms with Gasteiger partial charge in [-0.15, -0.1) is 0 Å². The number of nitrogens with two attached hydrogens (primary N) is 1. The van der Waals surface area contributed by atoms with Crippen molar-refractivity contribution in [1.82, 2.24) is 5.32 Å². The molecule has 4 nitrogen and oxygen atoms in total. The Balaban J connectivity index is 2.24. The largest absolute Gasteiger partial charge is 0.378 e. The second kappa shape index (κ2) is 5.78. The van der Waals surface area contributed by atoms with Crippen molar-refractivity contribution in [2.24, 2.45) is 11.7 Å². The molecular formula is C10H18N2O2. The molecule has 1 rings (SSSR count). The molecule has 14 heavy (non-hydrogen) atoms. The first-order valence-corrected chi connectivity index (χ1v) is 5.00. The molecule has 0 aromatic carbocycles. The molecule has 2 atom stereocenters. The standard InChI is InChI=1S/C10H18N2O2/c1-8-9(4-7-14-8)10(13)12-6-3-2-5-11/h2-3,8-9H,4-7,11H2,1H3,(H,12,13)/b3-2+. The van der Waals surface area contributed by atoms with Gasteiger partial charge in [0.2, 0.25) is 5.91 Å². The molecule has 0 saturated carbocycles. The molecule has 1 heterocycles. The van der Waals surface area contributed by atoms with Crippen LogP contribution in [0.2, 0.25) is 0 Å². The summed E-state index contributed by atoms with van der Waals surface area (Å²) in [4.78, 5) is 11.6. The normalized spacial score (nSPS) is 27.0. The monoisotopic (exact) mass is 198 g/mol. The van der Waals surface area contributed by atoms with E-state index in [-0.39, 0.29) is 17.9 Å². The van der Waals surface area contributed by atoms with Crippen molar-refractivity contribution in [1.29, 1.82) is 0 Å². The fourth-order valence-corrected chi connectivity index (χ4v) is 1.55. The molecule has 1 aliphatic rings. The van der Waals surface area contributed by atoms with Gasteiger partial charge in [-0.1, -0.05) is 12.2 Å². The Morgan fingerprint density at radius 2 is 2.43 bits per heavy atom. The van der Waals surface area contributed by atoms with Crippen molar-refractivity contribution in [2.75, 3.05) is 19.7 Å². The summed E-state index contributed by atoms with van der Waals surface area (Å²) in [6.45, 7) is 3.70. The van der Waals surface area contributed by atoms with Crippen LogP contribution in [-0.2, 0) is 9.53 Å². The Morgan fingerprint density at radius 1 is 1.64 bits per heavy atom. The SMILES string of the molecule is CC1OCCC1C(=O)NC/C=C/CN. The van der Waals surface area contributed by atoms with Gasteiger partial charge in [0.1, 0.15) is 0 Å². The summed E-state index contributed by atoms with van der Waals surface area (Å²) < 4.78 is 5.32. The zero-order valence-electron chi connectivity index (χ0n) is 8.53. The van der Waals surface area contributed by atoms with Crippen LogP contribution >= 0.6 is 0 Å². The number of ether oxygens (including phenoxy) is 1. The van der Waals surface area contributed by atoms with Gasteiger partial charge in [-0.25, -0.2) is 0 Å². The number of hydrogen-bond acceptors (Lipinski definition) is 3. The van der Waals surface area contributed by atoms with Gasteiger partial charge in [0.15, 0.2) is 0 Å². The van der Waals surface area contributed by atoms with E-state index in [2.05, 4.69) is 5.32 Å². The number of hydrogen-bond donors (Lipinski definition) is 2. The highest BCUT2D eigenvalue weighted by molar-refractivity contribution is 5.79. The molecule has 80 valence electrons. The van der Waals surface area contributed by atoms with E-state index in [1.54, 1.807) is 0 Å². The van der Waals surface area contributed by atoms with Gasteiger partial charge >= 0.3 is 0 Å². The van der Waals surface area contributed by atoms with E-state index in [1.165, 1.54) is 0 Å². The van der Waals surface area contributed by atoms with Crippen molar-refractivity contribution in [3.05, 3.63) is 12.2 Å². The molecule has 0 aromatic rings. The molecule has 0 aromatic heterocycles. The number of nitrogens with one attached hydrogen (secondary N) is 1. The van der Waals surface area contributed by atoms with Crippen molar-refractivity contribution in [3.8, 4) is 0 Å². The Labute approximate surface area is 84.5 Å². The fourth-order valence-electron chi connectivity index (χ4n) is 1.55. The predicted molar refractivity (Wildman–Crippen MR) is 54.7 cm³/mol. The Morgan fingerprint density at radius 3 is 3.00 bits per heavy atom. The van der Waals surface area contributed by atoms with Crippen LogP contribution in [0.3, 0.4) is 0 Å². The molecule has 2 unspecified atom stereocenters. The lowest BCUT2D eigenvalue weighted by atomic mass is 10.0. The van der Waals surface area contributed by atoms with Crippen LogP contribution in [0.4, 0.5) is 0 Å². The van der Waals surface area contributed by atoms with Crippen LogP contribution in [-0.4, -0.2) is 31.7 Å². The number of amides is 1. The van der Waals surface area contributed by atoms with E-state index in [4.69, 9.17) is 10.5 Å². The average Bonchev–Trinajstić information content (AvgIpc) is 2.59. The van der Waals surface area contributed by atoms with Crippen molar-refractivity contribution < 1.29 is 9.53 Å². The summed E-state index contributed by atoms with van der Waals surface area (Å²) in [5.41, 5.74) is 5.27. The highest BCUT2D eigenvalue weighted by Gasteiger charge is 2.30. The minimum Gasteiger partial charge on any atom is -0.378 e. The highest BCUT2D eigenvalue weighted by Crippen LogP contribution is 2.20. The van der Waals surface area contributed by atoms with E-state index in [0.29, 0.717) is 19.7 Å². The Hall–Kier alpha value is -0.870. The first-order valence-electron chi connectivity index (χ1n) is 5.00. The fraction of sp³-hybridized carbons (Fsp3) is 0.700. The minimum absolute atomic E-state index is 0.0151. The lowest BCUT2D eigenvalue weighted by Crippen LogP contribution is -2.34. The summed E-state index contributed by atoms with van der Waals surface area (Å²) in [7, 11) is 0. The summed E-state index contributed by atoms with van der Waals surface area (Å²) in [6.07, 6.45) is 4.56. The van der Waals surface area contributed by atoms with Crippen molar-refractivity contribution in [2.45, 2.75) is 19.4 Å².